The zero-order chi connectivity index (χ0) is 30.2. The van der Waals surface area contributed by atoms with E-state index in [1.54, 1.807) is 24.8 Å². The van der Waals surface area contributed by atoms with Gasteiger partial charge in [0.25, 0.3) is 10.0 Å². The first kappa shape index (κ1) is 30.4. The third-order valence-corrected chi connectivity index (χ3v) is 10.5. The Labute approximate surface area is 256 Å². The van der Waals surface area contributed by atoms with E-state index in [1.165, 1.54) is 27.8 Å². The average molecular weight is 634 g/mol. The first-order valence-electron chi connectivity index (χ1n) is 13.9. The van der Waals surface area contributed by atoms with E-state index < -0.39 is 15.6 Å². The molecule has 1 aromatic heterocycles. The molecule has 2 fully saturated rings. The summed E-state index contributed by atoms with van der Waals surface area (Å²) in [5.74, 6) is 1.11. The number of methoxy groups -OCH3 is 1. The molecule has 1 amide bonds. The topological polar surface area (TPSA) is 98.3 Å². The summed E-state index contributed by atoms with van der Waals surface area (Å²) in [5, 5.41) is 2.30. The molecule has 226 valence electrons. The van der Waals surface area contributed by atoms with Crippen molar-refractivity contribution in [2.24, 2.45) is 0 Å². The number of anilines is 1. The number of nitrogens with zero attached hydrogens (tertiary/aromatic N) is 3. The lowest BCUT2D eigenvalue weighted by atomic mass is 10.00. The standard InChI is InChI=1S/C30H36ClN3O6S2/c1-19-14-23(38-5)9-6-20(19)18-33(28-32-12-13-41-28)42(36,37)25-10-11-27(26(31)17-25)39-24-15-21-7-8-22(16-24)34(21)29(35)40-30(2,3)4/h6,9-14,17,21-22,24H,7-8,15-16,18H2,1-5H3/t21-,22+,24+. The van der Waals surface area contributed by atoms with Gasteiger partial charge < -0.3 is 19.1 Å². The van der Waals surface area contributed by atoms with Crippen LogP contribution in [0.4, 0.5) is 9.93 Å². The first-order chi connectivity index (χ1) is 19.9. The number of carbonyl (C=O) groups excluding carboxylic acids is 1. The predicted molar refractivity (Wildman–Crippen MR) is 163 cm³/mol. The Morgan fingerprint density at radius 3 is 2.43 bits per heavy atom. The van der Waals surface area contributed by atoms with Gasteiger partial charge in [0.15, 0.2) is 5.13 Å². The number of hydrogen-bond donors (Lipinski definition) is 0. The summed E-state index contributed by atoms with van der Waals surface area (Å²) in [6.07, 6.45) is 4.26. The van der Waals surface area contributed by atoms with E-state index >= 15 is 0 Å². The molecule has 2 saturated heterocycles. The number of halogens is 1. The van der Waals surface area contributed by atoms with Crippen LogP contribution in [0.2, 0.25) is 5.02 Å². The molecule has 12 heteroatoms. The van der Waals surface area contributed by atoms with Gasteiger partial charge in [-0.05, 0) is 82.0 Å². The van der Waals surface area contributed by atoms with Gasteiger partial charge in [0, 0.05) is 36.5 Å². The van der Waals surface area contributed by atoms with E-state index in [9.17, 15) is 13.2 Å². The highest BCUT2D eigenvalue weighted by atomic mass is 35.5. The van der Waals surface area contributed by atoms with Gasteiger partial charge in [-0.15, -0.1) is 11.3 Å². The van der Waals surface area contributed by atoms with Crippen LogP contribution in [0.15, 0.2) is 52.9 Å². The Bertz CT molecular complexity index is 1530. The fourth-order valence-corrected chi connectivity index (χ4v) is 8.19. The monoisotopic (exact) mass is 633 g/mol. The van der Waals surface area contributed by atoms with Crippen molar-refractivity contribution >= 4 is 44.2 Å². The third-order valence-electron chi connectivity index (χ3n) is 7.58. The molecule has 2 aliphatic heterocycles. The number of sulfonamides is 1. The summed E-state index contributed by atoms with van der Waals surface area (Å²) in [4.78, 5) is 19.0. The van der Waals surface area contributed by atoms with Gasteiger partial charge in [-0.1, -0.05) is 17.7 Å². The zero-order valence-electron chi connectivity index (χ0n) is 24.4. The summed E-state index contributed by atoms with van der Waals surface area (Å²) in [5.41, 5.74) is 1.18. The van der Waals surface area contributed by atoms with Gasteiger partial charge in [0.1, 0.15) is 23.2 Å². The molecule has 42 heavy (non-hydrogen) atoms. The molecule has 3 atom stereocenters. The molecule has 3 aromatic rings. The van der Waals surface area contributed by atoms with Crippen molar-refractivity contribution in [1.82, 2.24) is 9.88 Å². The predicted octanol–water partition coefficient (Wildman–Crippen LogP) is 6.82. The SMILES string of the molecule is COc1ccc(CN(c2nccs2)S(=O)(=O)c2ccc(O[C@H]3C[C@H]4CC[C@@H](C3)N4C(=O)OC(C)(C)C)c(Cl)c2)c(C)c1. The van der Waals surface area contributed by atoms with Gasteiger partial charge in [-0.2, -0.15) is 0 Å². The Hall–Kier alpha value is -3.02. The Morgan fingerprint density at radius 1 is 1.14 bits per heavy atom. The lowest BCUT2D eigenvalue weighted by molar-refractivity contribution is -0.00707. The van der Waals surface area contributed by atoms with Gasteiger partial charge in [-0.25, -0.2) is 22.5 Å². The highest BCUT2D eigenvalue weighted by Gasteiger charge is 2.45. The van der Waals surface area contributed by atoms with Crippen LogP contribution in [0, 0.1) is 6.92 Å². The number of amides is 1. The first-order valence-corrected chi connectivity index (χ1v) is 16.6. The molecular formula is C30H36ClN3O6S2. The van der Waals surface area contributed by atoms with E-state index in [0.717, 1.165) is 24.0 Å². The smallest absolute Gasteiger partial charge is 0.410 e. The van der Waals surface area contributed by atoms with Crippen LogP contribution in [0.3, 0.4) is 0 Å². The Kier molecular flexibility index (Phi) is 8.65. The number of aromatic nitrogens is 1. The number of aryl methyl sites for hydroxylation is 1. The minimum atomic E-state index is -4.01. The van der Waals surface area contributed by atoms with Crippen molar-refractivity contribution in [3.63, 3.8) is 0 Å². The fourth-order valence-electron chi connectivity index (χ4n) is 5.60. The van der Waals surface area contributed by atoms with Gasteiger partial charge in [-0.3, -0.25) is 0 Å². The zero-order valence-corrected chi connectivity index (χ0v) is 26.8. The number of hydrogen-bond acceptors (Lipinski definition) is 8. The molecule has 0 N–H and O–H groups in total. The van der Waals surface area contributed by atoms with Crippen molar-refractivity contribution in [1.29, 1.82) is 0 Å². The van der Waals surface area contributed by atoms with Gasteiger partial charge >= 0.3 is 6.09 Å². The molecule has 9 nitrogen and oxygen atoms in total. The van der Waals surface area contributed by atoms with Crippen LogP contribution in [0.5, 0.6) is 11.5 Å². The molecule has 0 saturated carbocycles. The van der Waals surface area contributed by atoms with Crippen LogP contribution in [0.1, 0.15) is 57.6 Å². The van der Waals surface area contributed by atoms with Crippen LogP contribution in [0.25, 0.3) is 0 Å². The molecule has 0 radical (unpaired) electrons. The number of benzene rings is 2. The van der Waals surface area contributed by atoms with Crippen molar-refractivity contribution in [2.45, 2.75) is 88.6 Å². The van der Waals surface area contributed by atoms with Crippen molar-refractivity contribution < 1.29 is 27.4 Å². The molecule has 2 bridgehead atoms. The molecule has 2 aromatic carbocycles. The van der Waals surface area contributed by atoms with E-state index in [2.05, 4.69) is 4.98 Å². The second-order valence-electron chi connectivity index (χ2n) is 11.7. The summed E-state index contributed by atoms with van der Waals surface area (Å²) >= 11 is 7.87. The van der Waals surface area contributed by atoms with Gasteiger partial charge in [0.2, 0.25) is 0 Å². The van der Waals surface area contributed by atoms with Crippen molar-refractivity contribution in [3.8, 4) is 11.5 Å². The Balaban J connectivity index is 1.33. The van der Waals surface area contributed by atoms with E-state index in [1.807, 2.05) is 50.8 Å². The highest BCUT2D eigenvalue weighted by Crippen LogP contribution is 2.40. The average Bonchev–Trinajstić information content (AvgIpc) is 3.54. The molecule has 2 aliphatic rings. The van der Waals surface area contributed by atoms with E-state index in [0.29, 0.717) is 29.5 Å². The number of rotatable bonds is 8. The lowest BCUT2D eigenvalue weighted by Crippen LogP contribution is -2.50. The summed E-state index contributed by atoms with van der Waals surface area (Å²) < 4.78 is 46.4. The minimum Gasteiger partial charge on any atom is -0.497 e. The van der Waals surface area contributed by atoms with Crippen LogP contribution < -0.4 is 13.8 Å². The second kappa shape index (κ2) is 11.9. The number of thiazole rings is 1. The molecule has 0 spiro atoms. The quantitative estimate of drug-likeness (QED) is 0.268. The molecule has 0 aliphatic carbocycles. The lowest BCUT2D eigenvalue weighted by Gasteiger charge is -2.39. The van der Waals surface area contributed by atoms with Crippen LogP contribution in [-0.2, 0) is 21.3 Å². The second-order valence-corrected chi connectivity index (χ2v) is 14.8. The normalized spacial score (nSPS) is 20.3. The van der Waals surface area contributed by atoms with Crippen LogP contribution >= 0.6 is 22.9 Å². The highest BCUT2D eigenvalue weighted by molar-refractivity contribution is 7.93. The largest absolute Gasteiger partial charge is 0.497 e. The number of carbonyl (C=O) groups is 1. The number of fused-ring (bicyclic) bond motifs is 2. The van der Waals surface area contributed by atoms with E-state index in [4.69, 9.17) is 25.8 Å². The molecule has 5 rings (SSSR count). The minimum absolute atomic E-state index is 0.0373. The third kappa shape index (κ3) is 6.48. The van der Waals surface area contributed by atoms with Crippen molar-refractivity contribution in [3.05, 3.63) is 64.1 Å². The summed E-state index contributed by atoms with van der Waals surface area (Å²) in [7, 11) is -2.42. The molecule has 0 unspecified atom stereocenters. The molecule has 3 heterocycles. The fraction of sp³-hybridized carbons (Fsp3) is 0.467. The maximum atomic E-state index is 13.9. The van der Waals surface area contributed by atoms with Crippen LogP contribution in [-0.4, -0.2) is 55.3 Å². The molecular weight excluding hydrogens is 598 g/mol. The number of ether oxygens (including phenoxy) is 3. The maximum Gasteiger partial charge on any atom is 0.410 e. The number of piperidine rings is 1. The van der Waals surface area contributed by atoms with E-state index in [-0.39, 0.29) is 40.7 Å². The summed E-state index contributed by atoms with van der Waals surface area (Å²) in [6, 6.07) is 10.2. The van der Waals surface area contributed by atoms with Crippen molar-refractivity contribution in [2.75, 3.05) is 11.4 Å². The Morgan fingerprint density at radius 2 is 1.86 bits per heavy atom. The maximum absolute atomic E-state index is 13.9. The van der Waals surface area contributed by atoms with Gasteiger partial charge in [0.05, 0.1) is 23.6 Å². The summed E-state index contributed by atoms with van der Waals surface area (Å²) in [6.45, 7) is 7.61.